The summed E-state index contributed by atoms with van der Waals surface area (Å²) in [6.45, 7) is 5.87. The Kier molecular flexibility index (Phi) is 9.18. The quantitative estimate of drug-likeness (QED) is 0.113. The normalized spacial score (nSPS) is 15.9. The predicted molar refractivity (Wildman–Crippen MR) is 178 cm³/mol. The van der Waals surface area contributed by atoms with Gasteiger partial charge in [-0.1, -0.05) is 35.4 Å². The van der Waals surface area contributed by atoms with Crippen LogP contribution < -0.4 is 9.80 Å². The Hall–Kier alpha value is -5.90. The fourth-order valence-electron chi connectivity index (χ4n) is 5.61. The number of carbonyl (C=O) groups is 2. The molecule has 0 bridgehead atoms. The average molecular weight is 617 g/mol. The molecule has 0 radical (unpaired) electrons. The molecule has 10 nitrogen and oxygen atoms in total. The third-order valence-corrected chi connectivity index (χ3v) is 7.95. The highest BCUT2D eigenvalue weighted by molar-refractivity contribution is 6.07. The van der Waals surface area contributed by atoms with Crippen molar-refractivity contribution in [2.24, 2.45) is 0 Å². The second kappa shape index (κ2) is 13.4. The molecule has 0 unspecified atom stereocenters. The number of aryl methyl sites for hydroxylation is 2. The molecule has 2 amide bonds. The number of anilines is 2. The van der Waals surface area contributed by atoms with Crippen molar-refractivity contribution >= 4 is 46.7 Å². The van der Waals surface area contributed by atoms with Crippen LogP contribution in [0.3, 0.4) is 0 Å². The third kappa shape index (κ3) is 6.91. The molecular formula is C36H32N4O6. The molecule has 4 aromatic carbocycles. The molecule has 10 heteroatoms. The lowest BCUT2D eigenvalue weighted by Gasteiger charge is -2.43. The molecule has 0 spiro atoms. The zero-order chi connectivity index (χ0) is 33.0. The number of hydrogen-bond donors (Lipinski definition) is 0. The minimum atomic E-state index is -0.473. The van der Waals surface area contributed by atoms with Gasteiger partial charge in [-0.2, -0.15) is 0 Å². The summed E-state index contributed by atoms with van der Waals surface area (Å²) >= 11 is 0. The number of rotatable bonds is 8. The smallest absolute Gasteiger partial charge is 0.269 e. The highest BCUT2D eigenvalue weighted by Crippen LogP contribution is 2.43. The SMILES string of the molecule is Cc1ccc(N(C(=O)/C=C/c2ccc([N+](=O)[O-])cc2)[C@H]2C[C@@H](C)N(C(=O)/C=C/c3ccc([N+](=O)[O-])cc3)c3ccc(C)cc32)cc1. The summed E-state index contributed by atoms with van der Waals surface area (Å²) in [6.07, 6.45) is 6.64. The van der Waals surface area contributed by atoms with Crippen LogP contribution in [0.15, 0.2) is 103 Å². The summed E-state index contributed by atoms with van der Waals surface area (Å²) < 4.78 is 0. The lowest BCUT2D eigenvalue weighted by Crippen LogP contribution is -2.47. The molecule has 0 aliphatic carbocycles. The maximum Gasteiger partial charge on any atom is 0.269 e. The first-order chi connectivity index (χ1) is 22.0. The Morgan fingerprint density at radius 1 is 0.761 bits per heavy atom. The van der Waals surface area contributed by atoms with E-state index in [2.05, 4.69) is 0 Å². The van der Waals surface area contributed by atoms with E-state index in [1.54, 1.807) is 46.2 Å². The summed E-state index contributed by atoms with van der Waals surface area (Å²) in [6, 6.07) is 24.8. The third-order valence-electron chi connectivity index (χ3n) is 7.95. The van der Waals surface area contributed by atoms with Crippen molar-refractivity contribution in [1.29, 1.82) is 0 Å². The molecule has 1 aliphatic heterocycles. The molecule has 0 saturated carbocycles. The zero-order valence-corrected chi connectivity index (χ0v) is 25.6. The monoisotopic (exact) mass is 616 g/mol. The lowest BCUT2D eigenvalue weighted by molar-refractivity contribution is -0.385. The number of nitro benzene ring substituents is 2. The first kappa shape index (κ1) is 31.5. The number of carbonyl (C=O) groups excluding carboxylic acids is 2. The van der Waals surface area contributed by atoms with Crippen LogP contribution >= 0.6 is 0 Å². The first-order valence-corrected chi connectivity index (χ1v) is 14.7. The van der Waals surface area contributed by atoms with E-state index in [0.717, 1.165) is 16.7 Å². The number of nitro groups is 2. The fourth-order valence-corrected chi connectivity index (χ4v) is 5.61. The van der Waals surface area contributed by atoms with Gasteiger partial charge in [0.05, 0.1) is 15.9 Å². The Balaban J connectivity index is 1.49. The highest BCUT2D eigenvalue weighted by Gasteiger charge is 2.38. The Bertz CT molecular complexity index is 1850. The minimum Gasteiger partial charge on any atom is -0.306 e. The molecule has 46 heavy (non-hydrogen) atoms. The summed E-state index contributed by atoms with van der Waals surface area (Å²) in [4.78, 5) is 52.2. The Morgan fingerprint density at radius 2 is 1.28 bits per heavy atom. The summed E-state index contributed by atoms with van der Waals surface area (Å²) in [5.41, 5.74) is 5.48. The van der Waals surface area contributed by atoms with Crippen LogP contribution in [0.4, 0.5) is 22.7 Å². The Labute approximate surface area is 266 Å². The van der Waals surface area contributed by atoms with E-state index in [9.17, 15) is 29.8 Å². The van der Waals surface area contributed by atoms with Crippen molar-refractivity contribution in [2.45, 2.75) is 39.3 Å². The van der Waals surface area contributed by atoms with Gasteiger partial charge in [0.2, 0.25) is 0 Å². The van der Waals surface area contributed by atoms with Crippen LogP contribution in [0.2, 0.25) is 0 Å². The van der Waals surface area contributed by atoms with Crippen LogP contribution in [-0.4, -0.2) is 27.7 Å². The average Bonchev–Trinajstić information content (AvgIpc) is 3.04. The molecule has 0 N–H and O–H groups in total. The molecule has 4 aromatic rings. The zero-order valence-electron chi connectivity index (χ0n) is 25.6. The first-order valence-electron chi connectivity index (χ1n) is 14.7. The minimum absolute atomic E-state index is 0.0289. The van der Waals surface area contributed by atoms with E-state index in [0.29, 0.717) is 28.9 Å². The van der Waals surface area contributed by atoms with Crippen molar-refractivity contribution in [3.05, 3.63) is 151 Å². The van der Waals surface area contributed by atoms with Crippen LogP contribution in [-0.2, 0) is 9.59 Å². The molecule has 0 saturated heterocycles. The van der Waals surface area contributed by atoms with Gasteiger partial charge >= 0.3 is 0 Å². The van der Waals surface area contributed by atoms with Crippen molar-refractivity contribution in [3.63, 3.8) is 0 Å². The molecule has 5 rings (SSSR count). The van der Waals surface area contributed by atoms with E-state index in [4.69, 9.17) is 0 Å². The molecule has 232 valence electrons. The second-order valence-electron chi connectivity index (χ2n) is 11.3. The number of benzene rings is 4. The van der Waals surface area contributed by atoms with E-state index < -0.39 is 15.9 Å². The van der Waals surface area contributed by atoms with Crippen LogP contribution in [0, 0.1) is 34.1 Å². The largest absolute Gasteiger partial charge is 0.306 e. The molecule has 1 aliphatic rings. The number of non-ortho nitro benzene ring substituents is 2. The van der Waals surface area contributed by atoms with Gasteiger partial charge in [-0.25, -0.2) is 0 Å². The van der Waals surface area contributed by atoms with Crippen molar-refractivity contribution in [1.82, 2.24) is 0 Å². The lowest BCUT2D eigenvalue weighted by atomic mass is 9.88. The van der Waals surface area contributed by atoms with Gasteiger partial charge in [-0.3, -0.25) is 29.8 Å². The van der Waals surface area contributed by atoms with Gasteiger partial charge in [0.15, 0.2) is 0 Å². The van der Waals surface area contributed by atoms with Crippen LogP contribution in [0.25, 0.3) is 12.2 Å². The number of hydrogen-bond acceptors (Lipinski definition) is 6. The van der Waals surface area contributed by atoms with Crippen molar-refractivity contribution < 1.29 is 19.4 Å². The van der Waals surface area contributed by atoms with Gasteiger partial charge in [0.25, 0.3) is 23.2 Å². The summed E-state index contributed by atoms with van der Waals surface area (Å²) in [5, 5.41) is 22.0. The molecule has 1 heterocycles. The van der Waals surface area contributed by atoms with E-state index in [1.807, 2.05) is 63.2 Å². The predicted octanol–water partition coefficient (Wildman–Crippen LogP) is 7.75. The van der Waals surface area contributed by atoms with Crippen LogP contribution in [0.5, 0.6) is 0 Å². The van der Waals surface area contributed by atoms with Gasteiger partial charge in [-0.15, -0.1) is 0 Å². The second-order valence-corrected chi connectivity index (χ2v) is 11.3. The molecular weight excluding hydrogens is 584 g/mol. The van der Waals surface area contributed by atoms with E-state index in [-0.39, 0.29) is 29.2 Å². The van der Waals surface area contributed by atoms with Crippen molar-refractivity contribution in [3.8, 4) is 0 Å². The van der Waals surface area contributed by atoms with Gasteiger partial charge in [0, 0.05) is 53.8 Å². The topological polar surface area (TPSA) is 127 Å². The number of fused-ring (bicyclic) bond motifs is 1. The fraction of sp³-hybridized carbons (Fsp3) is 0.167. The van der Waals surface area contributed by atoms with Gasteiger partial charge in [0.1, 0.15) is 0 Å². The standard InChI is InChI=1S/C36H32N4O6/c1-24-4-13-29(14-5-24)38(36(42)21-12-28-9-17-31(18-10-28)40(45)46)34-23-26(3)37(33-19-6-25(2)22-32(33)34)35(41)20-11-27-7-15-30(16-8-27)39(43)44/h4-22,26,34H,23H2,1-3H3/b20-11+,21-12+/t26-,34+/m1/s1. The highest BCUT2D eigenvalue weighted by atomic mass is 16.6. The maximum atomic E-state index is 14.0. The van der Waals surface area contributed by atoms with E-state index in [1.165, 1.54) is 36.4 Å². The summed E-state index contributed by atoms with van der Waals surface area (Å²) in [7, 11) is 0. The van der Waals surface area contributed by atoms with Gasteiger partial charge in [-0.05, 0) is 98.5 Å². The van der Waals surface area contributed by atoms with Crippen molar-refractivity contribution in [2.75, 3.05) is 9.80 Å². The van der Waals surface area contributed by atoms with Crippen LogP contribution in [0.1, 0.15) is 47.2 Å². The summed E-state index contributed by atoms with van der Waals surface area (Å²) in [5.74, 6) is -0.523. The number of amides is 2. The maximum absolute atomic E-state index is 14.0. The molecule has 2 atom stereocenters. The Morgan fingerprint density at radius 3 is 1.83 bits per heavy atom. The van der Waals surface area contributed by atoms with Gasteiger partial charge < -0.3 is 9.80 Å². The number of nitrogens with zero attached hydrogens (tertiary/aromatic N) is 4. The van der Waals surface area contributed by atoms with E-state index >= 15 is 0 Å². The molecule has 0 aromatic heterocycles. The molecule has 0 fully saturated rings.